The molecule has 1 atom stereocenters. The van der Waals surface area contributed by atoms with Crippen LogP contribution in [0.1, 0.15) is 29.9 Å². The van der Waals surface area contributed by atoms with E-state index in [1.807, 2.05) is 13.1 Å². The van der Waals surface area contributed by atoms with Gasteiger partial charge < -0.3 is 0 Å². The van der Waals surface area contributed by atoms with Crippen LogP contribution >= 0.6 is 9.24 Å². The number of hydrogen-bond acceptors (Lipinski definition) is 2. The molecule has 3 heteroatoms. The van der Waals surface area contributed by atoms with Crippen molar-refractivity contribution in [3.05, 3.63) is 40.7 Å². The van der Waals surface area contributed by atoms with Gasteiger partial charge in [-0.1, -0.05) is 12.2 Å². The first kappa shape index (κ1) is 10.5. The fourth-order valence-corrected chi connectivity index (χ4v) is 2.15. The molecule has 0 radical (unpaired) electrons. The molecule has 1 aliphatic carbocycles. The maximum Gasteiger partial charge on any atom is 0.125 e. The van der Waals surface area contributed by atoms with Gasteiger partial charge in [-0.25, -0.2) is 9.97 Å². The molecule has 0 fully saturated rings. The summed E-state index contributed by atoms with van der Waals surface area (Å²) in [6.45, 7) is 3.99. The van der Waals surface area contributed by atoms with Crippen LogP contribution in [-0.2, 0) is 0 Å². The number of hydrogen-bond donors (Lipinski definition) is 0. The maximum atomic E-state index is 4.51. The van der Waals surface area contributed by atoms with Crippen LogP contribution in [0.3, 0.4) is 0 Å². The molecule has 0 spiro atoms. The number of aromatic nitrogens is 2. The Morgan fingerprint density at radius 2 is 1.93 bits per heavy atom. The van der Waals surface area contributed by atoms with Crippen molar-refractivity contribution in [1.82, 2.24) is 9.97 Å². The maximum absolute atomic E-state index is 4.51. The van der Waals surface area contributed by atoms with Gasteiger partial charge >= 0.3 is 0 Å². The molecular formula is C12H15N2P. The summed E-state index contributed by atoms with van der Waals surface area (Å²) in [5, 5.41) is 1.25. The molecule has 0 aromatic carbocycles. The first-order valence-corrected chi connectivity index (χ1v) is 5.73. The van der Waals surface area contributed by atoms with Crippen molar-refractivity contribution in [3.63, 3.8) is 0 Å². The van der Waals surface area contributed by atoms with Gasteiger partial charge in [0.15, 0.2) is 0 Å². The third-order valence-corrected chi connectivity index (χ3v) is 3.08. The predicted molar refractivity (Wildman–Crippen MR) is 66.5 cm³/mol. The van der Waals surface area contributed by atoms with Crippen molar-refractivity contribution in [2.75, 3.05) is 0 Å². The van der Waals surface area contributed by atoms with Crippen molar-refractivity contribution < 1.29 is 0 Å². The lowest BCUT2D eigenvalue weighted by atomic mass is 10.0. The second kappa shape index (κ2) is 4.24. The Balaban J connectivity index is 2.49. The molecule has 78 valence electrons. The molecule has 15 heavy (non-hydrogen) atoms. The average Bonchev–Trinajstić information content (AvgIpc) is 2.23. The summed E-state index contributed by atoms with van der Waals surface area (Å²) in [5.74, 6) is 0.833. The SMILES string of the molecule is Cc1ncc(C)c(C2=CCCC=C2P)n1. The number of aryl methyl sites for hydroxylation is 2. The monoisotopic (exact) mass is 218 g/mol. The van der Waals surface area contributed by atoms with E-state index in [2.05, 4.69) is 38.3 Å². The quantitative estimate of drug-likeness (QED) is 0.677. The minimum atomic E-state index is 0.833. The Kier molecular flexibility index (Phi) is 2.97. The van der Waals surface area contributed by atoms with E-state index in [9.17, 15) is 0 Å². The van der Waals surface area contributed by atoms with Gasteiger partial charge in [0.1, 0.15) is 5.82 Å². The molecule has 1 aromatic heterocycles. The van der Waals surface area contributed by atoms with E-state index in [0.29, 0.717) is 0 Å². The van der Waals surface area contributed by atoms with E-state index in [4.69, 9.17) is 0 Å². The number of nitrogens with zero attached hydrogens (tertiary/aromatic N) is 2. The van der Waals surface area contributed by atoms with Crippen LogP contribution < -0.4 is 0 Å². The van der Waals surface area contributed by atoms with Crippen LogP contribution in [0, 0.1) is 13.8 Å². The lowest BCUT2D eigenvalue weighted by molar-refractivity contribution is 0.996. The average molecular weight is 218 g/mol. The van der Waals surface area contributed by atoms with Crippen LogP contribution in [0.15, 0.2) is 23.7 Å². The van der Waals surface area contributed by atoms with Crippen LogP contribution in [0.4, 0.5) is 0 Å². The van der Waals surface area contributed by atoms with Crippen LogP contribution in [0.25, 0.3) is 5.57 Å². The molecule has 0 aliphatic heterocycles. The van der Waals surface area contributed by atoms with Gasteiger partial charge in [-0.2, -0.15) is 0 Å². The molecule has 0 saturated carbocycles. The lowest BCUT2D eigenvalue weighted by Gasteiger charge is -2.14. The standard InChI is InChI=1S/C12H15N2P/c1-8-7-13-9(2)14-12(8)10-5-3-4-6-11(10)15/h5-7H,3-4,15H2,1-2H3. The zero-order chi connectivity index (χ0) is 10.8. The van der Waals surface area contributed by atoms with Crippen LogP contribution in [-0.4, -0.2) is 9.97 Å². The van der Waals surface area contributed by atoms with Gasteiger partial charge in [-0.05, 0) is 37.6 Å². The molecule has 1 unspecified atom stereocenters. The summed E-state index contributed by atoms with van der Waals surface area (Å²) in [6.07, 6.45) is 8.64. The van der Waals surface area contributed by atoms with Crippen molar-refractivity contribution in [2.45, 2.75) is 26.7 Å². The third kappa shape index (κ3) is 2.15. The molecule has 0 saturated heterocycles. The second-order valence-electron chi connectivity index (χ2n) is 3.80. The summed E-state index contributed by atoms with van der Waals surface area (Å²) in [4.78, 5) is 8.71. The number of rotatable bonds is 1. The highest BCUT2D eigenvalue weighted by atomic mass is 31.0. The predicted octanol–water partition coefficient (Wildman–Crippen LogP) is 3.03. The zero-order valence-corrected chi connectivity index (χ0v) is 10.3. The van der Waals surface area contributed by atoms with E-state index in [0.717, 1.165) is 29.9 Å². The topological polar surface area (TPSA) is 25.8 Å². The molecule has 2 rings (SSSR count). The molecule has 0 amide bonds. The van der Waals surface area contributed by atoms with E-state index < -0.39 is 0 Å². The highest BCUT2D eigenvalue weighted by Crippen LogP contribution is 2.32. The summed E-state index contributed by atoms with van der Waals surface area (Å²) in [7, 11) is 2.79. The molecule has 0 bridgehead atoms. The minimum absolute atomic E-state index is 0.833. The fourth-order valence-electron chi connectivity index (χ4n) is 1.73. The smallest absolute Gasteiger partial charge is 0.125 e. The normalized spacial score (nSPS) is 15.9. The van der Waals surface area contributed by atoms with Crippen LogP contribution in [0.5, 0.6) is 0 Å². The van der Waals surface area contributed by atoms with Gasteiger partial charge in [0.2, 0.25) is 0 Å². The van der Waals surface area contributed by atoms with E-state index in [1.54, 1.807) is 0 Å². The summed E-state index contributed by atoms with van der Waals surface area (Å²) >= 11 is 0. The van der Waals surface area contributed by atoms with Gasteiger partial charge in [0, 0.05) is 11.8 Å². The van der Waals surface area contributed by atoms with Crippen molar-refractivity contribution in [1.29, 1.82) is 0 Å². The fraction of sp³-hybridized carbons (Fsp3) is 0.333. The van der Waals surface area contributed by atoms with Crippen molar-refractivity contribution >= 4 is 14.8 Å². The third-order valence-electron chi connectivity index (χ3n) is 2.54. The molecule has 1 aromatic rings. The summed E-state index contributed by atoms with van der Waals surface area (Å²) in [6, 6.07) is 0. The van der Waals surface area contributed by atoms with Crippen molar-refractivity contribution in [2.24, 2.45) is 0 Å². The van der Waals surface area contributed by atoms with Gasteiger partial charge in [0.25, 0.3) is 0 Å². The Hall–Kier alpha value is -1.01. The van der Waals surface area contributed by atoms with Gasteiger partial charge in [-0.3, -0.25) is 0 Å². The molecular weight excluding hydrogens is 203 g/mol. The van der Waals surface area contributed by atoms with Crippen molar-refractivity contribution in [3.8, 4) is 0 Å². The zero-order valence-electron chi connectivity index (χ0n) is 9.12. The Bertz CT molecular complexity index is 447. The Morgan fingerprint density at radius 1 is 1.20 bits per heavy atom. The highest BCUT2D eigenvalue weighted by molar-refractivity contribution is 7.24. The van der Waals surface area contributed by atoms with E-state index in [-0.39, 0.29) is 0 Å². The van der Waals surface area contributed by atoms with E-state index in [1.165, 1.54) is 10.9 Å². The first-order chi connectivity index (χ1) is 7.18. The molecule has 2 nitrogen and oxygen atoms in total. The molecule has 0 N–H and O–H groups in total. The van der Waals surface area contributed by atoms with E-state index >= 15 is 0 Å². The summed E-state index contributed by atoms with van der Waals surface area (Å²) in [5.41, 5.74) is 3.46. The minimum Gasteiger partial charge on any atom is -0.241 e. The largest absolute Gasteiger partial charge is 0.241 e. The highest BCUT2D eigenvalue weighted by Gasteiger charge is 2.11. The van der Waals surface area contributed by atoms with Crippen LogP contribution in [0.2, 0.25) is 0 Å². The Labute approximate surface area is 92.7 Å². The first-order valence-electron chi connectivity index (χ1n) is 5.15. The van der Waals surface area contributed by atoms with Gasteiger partial charge in [-0.15, -0.1) is 9.24 Å². The Morgan fingerprint density at radius 3 is 2.67 bits per heavy atom. The van der Waals surface area contributed by atoms with Gasteiger partial charge in [0.05, 0.1) is 5.69 Å². The summed E-state index contributed by atoms with van der Waals surface area (Å²) < 4.78 is 0. The lowest BCUT2D eigenvalue weighted by Crippen LogP contribution is -2.00. The molecule has 1 heterocycles. The second-order valence-corrected chi connectivity index (χ2v) is 4.43. The molecule has 1 aliphatic rings. The number of allylic oxidation sites excluding steroid dienone is 4.